The lowest BCUT2D eigenvalue weighted by molar-refractivity contribution is -0.187. The first-order valence-corrected chi connectivity index (χ1v) is 17.3. The van der Waals surface area contributed by atoms with Gasteiger partial charge in [0.1, 0.15) is 0 Å². The van der Waals surface area contributed by atoms with Crippen LogP contribution in [0.15, 0.2) is 30.3 Å². The molecule has 1 rings (SSSR count). The number of hydrogen-bond acceptors (Lipinski definition) is 4. The minimum absolute atomic E-state index is 0.0694. The molecular weight excluding hydrogens is 420 g/mol. The lowest BCUT2D eigenvalue weighted by Gasteiger charge is -2.40. The molecule has 1 aromatic carbocycles. The van der Waals surface area contributed by atoms with Crippen molar-refractivity contribution in [2.45, 2.75) is 90.0 Å². The van der Waals surface area contributed by atoms with E-state index in [1.54, 1.807) is 0 Å². The fourth-order valence-electron chi connectivity index (χ4n) is 2.83. The first kappa shape index (κ1) is 26.4. The molecule has 1 aromatic rings. The van der Waals surface area contributed by atoms with Crippen molar-refractivity contribution in [3.8, 4) is 0 Å². The molecule has 0 fully saturated rings. The zero-order valence-corrected chi connectivity index (χ0v) is 22.3. The summed E-state index contributed by atoms with van der Waals surface area (Å²) in [5, 5.41) is 0.0694. The normalized spacial score (nSPS) is 16.2. The van der Waals surface area contributed by atoms with Gasteiger partial charge in [-0.25, -0.2) is 0 Å². The van der Waals surface area contributed by atoms with Crippen molar-refractivity contribution < 1.29 is 18.7 Å². The van der Waals surface area contributed by atoms with Crippen LogP contribution >= 0.6 is 11.6 Å². The molecule has 166 valence electrons. The van der Waals surface area contributed by atoms with Crippen LogP contribution < -0.4 is 0 Å². The van der Waals surface area contributed by atoms with Crippen LogP contribution in [0, 0.1) is 0 Å². The van der Waals surface area contributed by atoms with Gasteiger partial charge in [0.15, 0.2) is 8.32 Å². The van der Waals surface area contributed by atoms with E-state index in [-0.39, 0.29) is 22.8 Å². The molecule has 3 atom stereocenters. The van der Waals surface area contributed by atoms with Gasteiger partial charge in [-0.05, 0) is 23.7 Å². The molecule has 4 nitrogen and oxygen atoms in total. The van der Waals surface area contributed by atoms with Gasteiger partial charge in [0, 0.05) is 19.2 Å². The number of hydrogen-bond donors (Lipinski definition) is 0. The minimum atomic E-state index is -2.01. The summed E-state index contributed by atoms with van der Waals surface area (Å²) in [7, 11) is -3.77. The SMILES string of the molecule is CC(=O)OC(C[C@H](CCl)O[Si](C)(C)C(C)(C)C)O[C@H](c1ccccc1)[Si](C)(C)C. The van der Waals surface area contributed by atoms with E-state index in [1.165, 1.54) is 6.92 Å². The Morgan fingerprint density at radius 3 is 2.03 bits per heavy atom. The largest absolute Gasteiger partial charge is 0.436 e. The van der Waals surface area contributed by atoms with E-state index in [1.807, 2.05) is 18.2 Å². The van der Waals surface area contributed by atoms with Gasteiger partial charge in [-0.2, -0.15) is 0 Å². The first-order chi connectivity index (χ1) is 13.2. The van der Waals surface area contributed by atoms with Gasteiger partial charge < -0.3 is 13.9 Å². The number of alkyl halides is 1. The Morgan fingerprint density at radius 2 is 1.62 bits per heavy atom. The molecule has 0 saturated heterocycles. The van der Waals surface area contributed by atoms with Crippen LogP contribution in [0.2, 0.25) is 37.8 Å². The van der Waals surface area contributed by atoms with Crippen molar-refractivity contribution in [3.63, 3.8) is 0 Å². The first-order valence-electron chi connectivity index (χ1n) is 10.3. The number of rotatable bonds is 10. The third-order valence-electron chi connectivity index (χ3n) is 5.37. The second-order valence-corrected chi connectivity index (χ2v) is 20.5. The van der Waals surface area contributed by atoms with E-state index in [0.29, 0.717) is 12.3 Å². The maximum Gasteiger partial charge on any atom is 0.304 e. The maximum atomic E-state index is 11.8. The standard InChI is InChI=1S/C22H39ClO4Si2/c1-17(24)25-20(15-19(16-23)27-29(8,9)22(2,3)4)26-21(28(5,6)7)18-13-11-10-12-14-18/h10-14,19-21H,15-16H2,1-9H3/t19-,20?,21+/m1/s1. The number of esters is 1. The van der Waals surface area contributed by atoms with Crippen LogP contribution in [0.4, 0.5) is 0 Å². The highest BCUT2D eigenvalue weighted by atomic mass is 35.5. The van der Waals surface area contributed by atoms with E-state index >= 15 is 0 Å². The molecule has 0 aliphatic carbocycles. The molecular formula is C22H39ClO4Si2. The van der Waals surface area contributed by atoms with Crippen LogP contribution in [0.3, 0.4) is 0 Å². The second-order valence-electron chi connectivity index (χ2n) is 10.2. The van der Waals surface area contributed by atoms with Crippen molar-refractivity contribution >= 4 is 34.0 Å². The number of benzene rings is 1. The summed E-state index contributed by atoms with van der Waals surface area (Å²) < 4.78 is 18.5. The van der Waals surface area contributed by atoms with Gasteiger partial charge in [-0.1, -0.05) is 70.7 Å². The lowest BCUT2D eigenvalue weighted by Crippen LogP contribution is -2.46. The van der Waals surface area contributed by atoms with Crippen LogP contribution in [-0.4, -0.2) is 40.6 Å². The molecule has 0 amide bonds. The molecule has 0 spiro atoms. The minimum Gasteiger partial charge on any atom is -0.436 e. The number of carbonyl (C=O) groups is 1. The molecule has 0 aliphatic rings. The van der Waals surface area contributed by atoms with Crippen LogP contribution in [0.5, 0.6) is 0 Å². The molecule has 0 aliphatic heterocycles. The van der Waals surface area contributed by atoms with E-state index in [4.69, 9.17) is 25.5 Å². The van der Waals surface area contributed by atoms with Crippen molar-refractivity contribution in [1.29, 1.82) is 0 Å². The highest BCUT2D eigenvalue weighted by Crippen LogP contribution is 2.38. The summed E-state index contributed by atoms with van der Waals surface area (Å²) in [5.41, 5.74) is 1.01. The summed E-state index contributed by atoms with van der Waals surface area (Å²) in [6, 6.07) is 10.1. The smallest absolute Gasteiger partial charge is 0.304 e. The molecule has 0 N–H and O–H groups in total. The summed E-state index contributed by atoms with van der Waals surface area (Å²) >= 11 is 6.26. The van der Waals surface area contributed by atoms with Crippen LogP contribution in [0.1, 0.15) is 45.4 Å². The Bertz CT molecular complexity index is 638. The van der Waals surface area contributed by atoms with Crippen LogP contribution in [-0.2, 0) is 18.7 Å². The molecule has 29 heavy (non-hydrogen) atoms. The Labute approximate surface area is 184 Å². The average Bonchev–Trinajstić information content (AvgIpc) is 2.56. The third kappa shape index (κ3) is 8.54. The molecule has 1 unspecified atom stereocenters. The topological polar surface area (TPSA) is 44.8 Å². The fourth-order valence-corrected chi connectivity index (χ4v) is 6.24. The Balaban J connectivity index is 3.07. The van der Waals surface area contributed by atoms with Crippen LogP contribution in [0.25, 0.3) is 0 Å². The molecule has 0 aromatic heterocycles. The van der Waals surface area contributed by atoms with Crippen molar-refractivity contribution in [2.75, 3.05) is 5.88 Å². The van der Waals surface area contributed by atoms with Crippen molar-refractivity contribution in [1.82, 2.24) is 0 Å². The Morgan fingerprint density at radius 1 is 1.07 bits per heavy atom. The van der Waals surface area contributed by atoms with E-state index in [2.05, 4.69) is 65.6 Å². The lowest BCUT2D eigenvalue weighted by atomic mass is 10.2. The van der Waals surface area contributed by atoms with Gasteiger partial charge >= 0.3 is 5.97 Å². The summed E-state index contributed by atoms with van der Waals surface area (Å²) in [5.74, 6) is -0.0330. The Hall–Kier alpha value is -0.666. The zero-order valence-electron chi connectivity index (χ0n) is 19.5. The summed E-state index contributed by atoms with van der Waals surface area (Å²) in [4.78, 5) is 11.8. The van der Waals surface area contributed by atoms with Gasteiger partial charge in [0.2, 0.25) is 6.29 Å². The van der Waals surface area contributed by atoms with Gasteiger partial charge in [-0.3, -0.25) is 4.79 Å². The summed E-state index contributed by atoms with van der Waals surface area (Å²) in [6.45, 7) is 19.1. The highest BCUT2D eigenvalue weighted by Gasteiger charge is 2.40. The predicted octanol–water partition coefficient (Wildman–Crippen LogP) is 6.53. The van der Waals surface area contributed by atoms with Gasteiger partial charge in [0.05, 0.1) is 19.9 Å². The Kier molecular flexibility index (Phi) is 9.62. The monoisotopic (exact) mass is 458 g/mol. The van der Waals surface area contributed by atoms with Gasteiger partial charge in [0.25, 0.3) is 0 Å². The van der Waals surface area contributed by atoms with E-state index < -0.39 is 22.7 Å². The molecule has 0 bridgehead atoms. The number of carbonyl (C=O) groups excluding carboxylic acids is 1. The molecule has 0 heterocycles. The van der Waals surface area contributed by atoms with Gasteiger partial charge in [-0.15, -0.1) is 11.6 Å². The van der Waals surface area contributed by atoms with E-state index in [9.17, 15) is 4.79 Å². The number of ether oxygens (including phenoxy) is 2. The number of halogens is 1. The highest BCUT2D eigenvalue weighted by molar-refractivity contribution is 6.77. The van der Waals surface area contributed by atoms with Crippen molar-refractivity contribution in [3.05, 3.63) is 35.9 Å². The molecule has 0 radical (unpaired) electrons. The fraction of sp³-hybridized carbons (Fsp3) is 0.682. The van der Waals surface area contributed by atoms with Crippen molar-refractivity contribution in [2.24, 2.45) is 0 Å². The predicted molar refractivity (Wildman–Crippen MR) is 127 cm³/mol. The second kappa shape index (κ2) is 10.6. The average molecular weight is 459 g/mol. The zero-order chi connectivity index (χ0) is 22.5. The maximum absolute atomic E-state index is 11.8. The third-order valence-corrected chi connectivity index (χ3v) is 12.3. The van der Waals surface area contributed by atoms with E-state index in [0.717, 1.165) is 5.56 Å². The molecule has 7 heteroatoms. The molecule has 0 saturated carbocycles. The summed E-state index contributed by atoms with van der Waals surface area (Å²) in [6.07, 6.45) is -0.512. The quantitative estimate of drug-likeness (QED) is 0.173.